The van der Waals surface area contributed by atoms with Crippen molar-refractivity contribution in [3.63, 3.8) is 0 Å². The molecule has 2 aromatic rings. The Morgan fingerprint density at radius 1 is 0.957 bits per heavy atom. The molecular weight excluding hydrogens is 357 g/mol. The molecule has 7 heteroatoms. The third kappa shape index (κ3) is 3.70. The second-order valence-electron chi connectivity index (χ2n) is 5.23. The topological polar surface area (TPSA) is 46.6 Å². The molecule has 1 saturated heterocycles. The lowest BCUT2D eigenvalue weighted by molar-refractivity contribution is -0.00255. The van der Waals surface area contributed by atoms with Crippen LogP contribution in [0.15, 0.2) is 53.4 Å². The minimum atomic E-state index is -3.56. The van der Waals surface area contributed by atoms with Crippen molar-refractivity contribution in [2.75, 3.05) is 19.7 Å². The van der Waals surface area contributed by atoms with Crippen molar-refractivity contribution in [1.82, 2.24) is 4.31 Å². The molecule has 0 aliphatic carbocycles. The van der Waals surface area contributed by atoms with Gasteiger partial charge in [0.15, 0.2) is 0 Å². The molecule has 0 bridgehead atoms. The summed E-state index contributed by atoms with van der Waals surface area (Å²) in [5, 5.41) is 1.14. The van der Waals surface area contributed by atoms with E-state index in [9.17, 15) is 8.42 Å². The molecule has 1 atom stereocenters. The van der Waals surface area contributed by atoms with Crippen LogP contribution < -0.4 is 0 Å². The fraction of sp³-hybridized carbons (Fsp3) is 0.250. The SMILES string of the molecule is O=S(=O)(c1ccc(Cl)cc1)N1CCOC(c2ccc(Cl)cc2)C1. The summed E-state index contributed by atoms with van der Waals surface area (Å²) >= 11 is 11.7. The van der Waals surface area contributed by atoms with Crippen LogP contribution in [-0.4, -0.2) is 32.4 Å². The number of nitrogens with zero attached hydrogens (tertiary/aromatic N) is 1. The molecular formula is C16H15Cl2NO3S. The average molecular weight is 372 g/mol. The van der Waals surface area contributed by atoms with Gasteiger partial charge in [0.25, 0.3) is 0 Å². The van der Waals surface area contributed by atoms with Gasteiger partial charge in [-0.3, -0.25) is 0 Å². The van der Waals surface area contributed by atoms with Gasteiger partial charge in [0.2, 0.25) is 10.0 Å². The van der Waals surface area contributed by atoms with Crippen LogP contribution >= 0.6 is 23.2 Å². The fourth-order valence-corrected chi connectivity index (χ4v) is 4.16. The van der Waals surface area contributed by atoms with E-state index < -0.39 is 10.0 Å². The largest absolute Gasteiger partial charge is 0.371 e. The Morgan fingerprint density at radius 2 is 1.52 bits per heavy atom. The maximum atomic E-state index is 12.7. The lowest BCUT2D eigenvalue weighted by atomic mass is 10.1. The first-order valence-electron chi connectivity index (χ1n) is 7.09. The van der Waals surface area contributed by atoms with Crippen molar-refractivity contribution in [2.24, 2.45) is 0 Å². The third-order valence-electron chi connectivity index (χ3n) is 3.72. The molecule has 1 fully saturated rings. The molecule has 3 rings (SSSR count). The van der Waals surface area contributed by atoms with Gasteiger partial charge in [-0.2, -0.15) is 4.31 Å². The highest BCUT2D eigenvalue weighted by Gasteiger charge is 2.31. The molecule has 0 radical (unpaired) electrons. The Morgan fingerprint density at radius 3 is 2.13 bits per heavy atom. The monoisotopic (exact) mass is 371 g/mol. The van der Waals surface area contributed by atoms with E-state index in [0.29, 0.717) is 23.2 Å². The van der Waals surface area contributed by atoms with Crippen LogP contribution in [-0.2, 0) is 14.8 Å². The first-order valence-corrected chi connectivity index (χ1v) is 9.29. The number of rotatable bonds is 3. The maximum Gasteiger partial charge on any atom is 0.243 e. The quantitative estimate of drug-likeness (QED) is 0.824. The van der Waals surface area contributed by atoms with Crippen LogP contribution in [0.4, 0.5) is 0 Å². The molecule has 23 heavy (non-hydrogen) atoms. The molecule has 1 heterocycles. The Balaban J connectivity index is 1.82. The summed E-state index contributed by atoms with van der Waals surface area (Å²) < 4.78 is 32.6. The number of sulfonamides is 1. The van der Waals surface area contributed by atoms with E-state index >= 15 is 0 Å². The summed E-state index contributed by atoms with van der Waals surface area (Å²) in [7, 11) is -3.56. The van der Waals surface area contributed by atoms with E-state index in [0.717, 1.165) is 5.56 Å². The van der Waals surface area contributed by atoms with Crippen molar-refractivity contribution in [3.8, 4) is 0 Å². The lowest BCUT2D eigenvalue weighted by Gasteiger charge is -2.32. The van der Waals surface area contributed by atoms with Gasteiger partial charge in [-0.1, -0.05) is 35.3 Å². The minimum absolute atomic E-state index is 0.235. The van der Waals surface area contributed by atoms with Gasteiger partial charge in [-0.15, -0.1) is 0 Å². The van der Waals surface area contributed by atoms with Crippen LogP contribution in [0.5, 0.6) is 0 Å². The summed E-state index contributed by atoms with van der Waals surface area (Å²) in [4.78, 5) is 0.235. The molecule has 0 N–H and O–H groups in total. The van der Waals surface area contributed by atoms with Gasteiger partial charge in [-0.25, -0.2) is 8.42 Å². The predicted molar refractivity (Wildman–Crippen MR) is 90.4 cm³/mol. The van der Waals surface area contributed by atoms with Crippen molar-refractivity contribution >= 4 is 33.2 Å². The summed E-state index contributed by atoms with van der Waals surface area (Å²) in [5.74, 6) is 0. The van der Waals surface area contributed by atoms with Gasteiger partial charge in [-0.05, 0) is 42.0 Å². The number of hydrogen-bond donors (Lipinski definition) is 0. The molecule has 1 aliphatic rings. The van der Waals surface area contributed by atoms with Gasteiger partial charge >= 0.3 is 0 Å². The fourth-order valence-electron chi connectivity index (χ4n) is 2.48. The van der Waals surface area contributed by atoms with Crippen LogP contribution in [0.2, 0.25) is 10.0 Å². The van der Waals surface area contributed by atoms with E-state index in [2.05, 4.69) is 0 Å². The Kier molecular flexibility index (Phi) is 4.94. The second kappa shape index (κ2) is 6.79. The molecule has 0 spiro atoms. The number of benzene rings is 2. The van der Waals surface area contributed by atoms with E-state index in [1.54, 1.807) is 24.3 Å². The molecule has 122 valence electrons. The Hall–Kier alpha value is -1.11. The zero-order valence-corrected chi connectivity index (χ0v) is 14.5. The van der Waals surface area contributed by atoms with Crippen molar-refractivity contribution in [3.05, 3.63) is 64.1 Å². The summed E-state index contributed by atoms with van der Waals surface area (Å²) in [6, 6.07) is 13.4. The van der Waals surface area contributed by atoms with E-state index in [1.165, 1.54) is 16.4 Å². The summed E-state index contributed by atoms with van der Waals surface area (Å²) in [6.45, 7) is 0.946. The summed E-state index contributed by atoms with van der Waals surface area (Å²) in [6.07, 6.45) is -0.303. The average Bonchev–Trinajstić information content (AvgIpc) is 2.56. The molecule has 2 aromatic carbocycles. The van der Waals surface area contributed by atoms with Crippen molar-refractivity contribution in [2.45, 2.75) is 11.0 Å². The molecule has 1 aliphatic heterocycles. The standard InChI is InChI=1S/C16H15Cl2NO3S/c17-13-3-1-12(2-4-13)16-11-19(9-10-22-16)23(20,21)15-7-5-14(18)6-8-15/h1-8,16H,9-11H2. The van der Waals surface area contributed by atoms with E-state index in [4.69, 9.17) is 27.9 Å². The van der Waals surface area contributed by atoms with Crippen LogP contribution in [0.25, 0.3) is 0 Å². The molecule has 4 nitrogen and oxygen atoms in total. The van der Waals surface area contributed by atoms with E-state index in [-0.39, 0.29) is 17.5 Å². The lowest BCUT2D eigenvalue weighted by Crippen LogP contribution is -2.42. The van der Waals surface area contributed by atoms with Gasteiger partial charge in [0, 0.05) is 23.1 Å². The highest BCUT2D eigenvalue weighted by molar-refractivity contribution is 7.89. The first kappa shape index (κ1) is 16.7. The number of ether oxygens (including phenoxy) is 1. The minimum Gasteiger partial charge on any atom is -0.371 e. The second-order valence-corrected chi connectivity index (χ2v) is 8.04. The predicted octanol–water partition coefficient (Wildman–Crippen LogP) is 3.76. The number of hydrogen-bond acceptors (Lipinski definition) is 3. The molecule has 0 saturated carbocycles. The summed E-state index contributed by atoms with van der Waals surface area (Å²) in [5.41, 5.74) is 0.908. The molecule has 0 amide bonds. The normalized spacial score (nSPS) is 19.7. The van der Waals surface area contributed by atoms with Crippen LogP contribution in [0.1, 0.15) is 11.7 Å². The first-order chi connectivity index (χ1) is 11.0. The smallest absolute Gasteiger partial charge is 0.243 e. The van der Waals surface area contributed by atoms with Crippen LogP contribution in [0, 0.1) is 0 Å². The highest BCUT2D eigenvalue weighted by atomic mass is 35.5. The van der Waals surface area contributed by atoms with Crippen molar-refractivity contribution < 1.29 is 13.2 Å². The van der Waals surface area contributed by atoms with Gasteiger partial charge < -0.3 is 4.74 Å². The zero-order valence-electron chi connectivity index (χ0n) is 12.2. The molecule has 0 aromatic heterocycles. The highest BCUT2D eigenvalue weighted by Crippen LogP contribution is 2.27. The maximum absolute atomic E-state index is 12.7. The Bertz CT molecular complexity index is 776. The zero-order chi connectivity index (χ0) is 16.4. The number of morpholine rings is 1. The van der Waals surface area contributed by atoms with Gasteiger partial charge in [0.05, 0.1) is 17.6 Å². The van der Waals surface area contributed by atoms with E-state index in [1.807, 2.05) is 12.1 Å². The number of halogens is 2. The van der Waals surface area contributed by atoms with Crippen molar-refractivity contribution in [1.29, 1.82) is 0 Å². The van der Waals surface area contributed by atoms with Crippen LogP contribution in [0.3, 0.4) is 0 Å². The van der Waals surface area contributed by atoms with Gasteiger partial charge in [0.1, 0.15) is 0 Å². The molecule has 1 unspecified atom stereocenters. The Labute approximate surface area is 145 Å². The third-order valence-corrected chi connectivity index (χ3v) is 6.11.